The molecule has 0 aromatic heterocycles. The van der Waals surface area contributed by atoms with Crippen molar-refractivity contribution in [2.75, 3.05) is 34.3 Å². The van der Waals surface area contributed by atoms with E-state index in [-0.39, 0.29) is 17.8 Å². The van der Waals surface area contributed by atoms with Crippen LogP contribution in [-0.2, 0) is 25.7 Å². The van der Waals surface area contributed by atoms with Crippen LogP contribution < -0.4 is 14.2 Å². The van der Waals surface area contributed by atoms with E-state index in [4.69, 9.17) is 14.2 Å². The zero-order chi connectivity index (χ0) is 29.0. The van der Waals surface area contributed by atoms with Gasteiger partial charge in [0.2, 0.25) is 0 Å². The normalized spacial score (nSPS) is 20.1. The molecule has 4 aromatic rings. The largest absolute Gasteiger partial charge is 0.504 e. The van der Waals surface area contributed by atoms with Crippen molar-refractivity contribution in [3.8, 4) is 34.5 Å². The van der Waals surface area contributed by atoms with Gasteiger partial charge in [-0.25, -0.2) is 0 Å². The Labute approximate surface area is 248 Å². The first kappa shape index (κ1) is 26.9. The van der Waals surface area contributed by atoms with Crippen LogP contribution in [0.4, 0.5) is 0 Å². The number of fused-ring (bicyclic) bond motifs is 2. The van der Waals surface area contributed by atoms with E-state index in [9.17, 15) is 5.11 Å². The van der Waals surface area contributed by atoms with Crippen LogP contribution in [0.5, 0.6) is 34.5 Å². The molecule has 216 valence electrons. The maximum atomic E-state index is 10.7. The molecule has 0 spiro atoms. The van der Waals surface area contributed by atoms with E-state index < -0.39 is 0 Å². The summed E-state index contributed by atoms with van der Waals surface area (Å²) in [6.07, 6.45) is 3.58. The molecule has 6 nitrogen and oxygen atoms in total. The molecule has 0 radical (unpaired) electrons. The highest BCUT2D eigenvalue weighted by molar-refractivity contribution is 5.59. The molecule has 1 N–H and O–H groups in total. The molecule has 0 amide bonds. The van der Waals surface area contributed by atoms with Crippen molar-refractivity contribution in [3.63, 3.8) is 0 Å². The number of aromatic hydroxyl groups is 1. The predicted molar refractivity (Wildman–Crippen MR) is 164 cm³/mol. The molecule has 0 aliphatic carbocycles. The fourth-order valence-corrected chi connectivity index (χ4v) is 6.99. The van der Waals surface area contributed by atoms with Gasteiger partial charge in [-0.05, 0) is 116 Å². The van der Waals surface area contributed by atoms with Crippen LogP contribution in [0.15, 0.2) is 66.7 Å². The predicted octanol–water partition coefficient (Wildman–Crippen LogP) is 7.15. The molecule has 4 aromatic carbocycles. The van der Waals surface area contributed by atoms with Gasteiger partial charge in [0.15, 0.2) is 23.0 Å². The fraction of sp³-hybridized carbons (Fsp3) is 0.333. The molecule has 0 saturated heterocycles. The van der Waals surface area contributed by atoms with E-state index in [1.165, 1.54) is 27.8 Å². The third-order valence-electron chi connectivity index (χ3n) is 9.34. The molecule has 6 bridgehead atoms. The molecule has 4 aliphatic rings. The van der Waals surface area contributed by atoms with Gasteiger partial charge >= 0.3 is 0 Å². The summed E-state index contributed by atoms with van der Waals surface area (Å²) in [5.74, 6) is 3.72. The number of rotatable bonds is 1. The number of hydrogen-bond donors (Lipinski definition) is 1. The van der Waals surface area contributed by atoms with Crippen molar-refractivity contribution < 1.29 is 19.3 Å². The van der Waals surface area contributed by atoms with Crippen LogP contribution in [-0.4, -0.2) is 49.2 Å². The third kappa shape index (κ3) is 4.79. The molecule has 42 heavy (non-hydrogen) atoms. The lowest BCUT2D eigenvalue weighted by Gasteiger charge is -2.37. The minimum absolute atomic E-state index is 0.0605. The number of ether oxygens (including phenoxy) is 3. The van der Waals surface area contributed by atoms with Gasteiger partial charge in [0, 0.05) is 30.7 Å². The summed E-state index contributed by atoms with van der Waals surface area (Å²) < 4.78 is 19.2. The van der Waals surface area contributed by atoms with Gasteiger partial charge in [0.1, 0.15) is 11.5 Å². The summed E-state index contributed by atoms with van der Waals surface area (Å²) in [6, 6.07) is 23.1. The number of nitrogens with zero attached hydrogens (tertiary/aromatic N) is 2. The molecule has 2 atom stereocenters. The van der Waals surface area contributed by atoms with Crippen LogP contribution >= 0.6 is 0 Å². The van der Waals surface area contributed by atoms with Crippen molar-refractivity contribution in [2.45, 2.75) is 44.7 Å². The third-order valence-corrected chi connectivity index (χ3v) is 9.34. The number of aryl methyl sites for hydroxylation is 1. The van der Waals surface area contributed by atoms with Crippen molar-refractivity contribution in [3.05, 3.63) is 106 Å². The van der Waals surface area contributed by atoms with E-state index in [1.807, 2.05) is 24.3 Å². The Bertz CT molecular complexity index is 1650. The molecule has 4 heterocycles. The topological polar surface area (TPSA) is 54.4 Å². The van der Waals surface area contributed by atoms with Crippen molar-refractivity contribution in [2.24, 2.45) is 0 Å². The average molecular weight is 563 g/mol. The average Bonchev–Trinajstić information content (AvgIpc) is 2.98. The second-order valence-corrected chi connectivity index (χ2v) is 12.0. The standard InChI is InChI=1S/C36H38N2O4/c1-22-17-26-14-16-38(3)31-19-24-7-12-32(39)33(20-24)41-27-9-5-23(6-10-27)18-30-29-21-28(11-8-25(29)13-15-37(30)2)42-36(34(26)31)35(22)40-4/h5-12,17,20-21,30-31,39H,13-16,18-19H2,1-4H3/t30-,31+/m0/s1. The monoisotopic (exact) mass is 562 g/mol. The molecular weight excluding hydrogens is 524 g/mol. The van der Waals surface area contributed by atoms with Gasteiger partial charge in [-0.3, -0.25) is 9.80 Å². The van der Waals surface area contributed by atoms with E-state index >= 15 is 0 Å². The summed E-state index contributed by atoms with van der Waals surface area (Å²) in [6.45, 7) is 4.07. The summed E-state index contributed by atoms with van der Waals surface area (Å²) >= 11 is 0. The summed E-state index contributed by atoms with van der Waals surface area (Å²) in [7, 11) is 6.11. The molecule has 0 saturated carbocycles. The number of phenolic OH excluding ortho intramolecular Hbond substituents is 1. The van der Waals surface area contributed by atoms with Crippen molar-refractivity contribution in [1.29, 1.82) is 0 Å². The van der Waals surface area contributed by atoms with E-state index in [1.54, 1.807) is 13.2 Å². The fourth-order valence-electron chi connectivity index (χ4n) is 6.99. The lowest BCUT2D eigenvalue weighted by Crippen LogP contribution is -2.34. The zero-order valence-electron chi connectivity index (χ0n) is 24.8. The Morgan fingerprint density at radius 1 is 0.762 bits per heavy atom. The summed E-state index contributed by atoms with van der Waals surface area (Å²) in [5.41, 5.74) is 8.56. The Morgan fingerprint density at radius 3 is 2.24 bits per heavy atom. The first-order valence-corrected chi connectivity index (χ1v) is 14.9. The van der Waals surface area contributed by atoms with Gasteiger partial charge in [0.25, 0.3) is 0 Å². The lowest BCUT2D eigenvalue weighted by molar-refractivity contribution is 0.222. The number of phenols is 1. The highest BCUT2D eigenvalue weighted by atomic mass is 16.5. The van der Waals surface area contributed by atoms with Crippen LogP contribution in [0.2, 0.25) is 0 Å². The molecule has 8 rings (SSSR count). The van der Waals surface area contributed by atoms with Crippen molar-refractivity contribution >= 4 is 0 Å². The molecule has 0 fully saturated rings. The minimum atomic E-state index is 0.0605. The van der Waals surface area contributed by atoms with Gasteiger partial charge in [0.05, 0.1) is 7.11 Å². The Kier molecular flexibility index (Phi) is 6.83. The van der Waals surface area contributed by atoms with Gasteiger partial charge in [-0.1, -0.05) is 30.3 Å². The second-order valence-electron chi connectivity index (χ2n) is 12.0. The number of methoxy groups -OCH3 is 1. The first-order chi connectivity index (χ1) is 20.4. The van der Waals surface area contributed by atoms with E-state index in [2.05, 4.69) is 67.2 Å². The van der Waals surface area contributed by atoms with Gasteiger partial charge < -0.3 is 19.3 Å². The zero-order valence-corrected chi connectivity index (χ0v) is 24.8. The van der Waals surface area contributed by atoms with Crippen molar-refractivity contribution in [1.82, 2.24) is 9.80 Å². The second kappa shape index (κ2) is 10.7. The first-order valence-electron chi connectivity index (χ1n) is 14.9. The van der Waals surface area contributed by atoms with Gasteiger partial charge in [-0.15, -0.1) is 0 Å². The SMILES string of the molecule is COc1c(C)cc2c3c1Oc1ccc4c(c1)[C@H](Cc1ccc(cc1)Oc1cc(ccc1O)C[C@H]3N(C)CC2)N(C)CC4. The van der Waals surface area contributed by atoms with Gasteiger partial charge in [-0.2, -0.15) is 0 Å². The Hall–Kier alpha value is -4.00. The summed E-state index contributed by atoms with van der Waals surface area (Å²) in [4.78, 5) is 4.84. The highest BCUT2D eigenvalue weighted by Crippen LogP contribution is 2.48. The quantitative estimate of drug-likeness (QED) is 0.266. The minimum Gasteiger partial charge on any atom is -0.504 e. The van der Waals surface area contributed by atoms with Crippen LogP contribution in [0, 0.1) is 6.92 Å². The van der Waals surface area contributed by atoms with E-state index in [0.717, 1.165) is 67.1 Å². The van der Waals surface area contributed by atoms with Crippen LogP contribution in [0.1, 0.15) is 51.0 Å². The number of benzene rings is 4. The Morgan fingerprint density at radius 2 is 1.45 bits per heavy atom. The maximum Gasteiger partial charge on any atom is 0.174 e. The lowest BCUT2D eigenvalue weighted by atomic mass is 9.86. The molecule has 0 unspecified atom stereocenters. The highest BCUT2D eigenvalue weighted by Gasteiger charge is 2.33. The number of hydrogen-bond acceptors (Lipinski definition) is 6. The van der Waals surface area contributed by atoms with Crippen LogP contribution in [0.25, 0.3) is 0 Å². The molecule has 6 heteroatoms. The van der Waals surface area contributed by atoms with E-state index in [0.29, 0.717) is 11.5 Å². The summed E-state index contributed by atoms with van der Waals surface area (Å²) in [5, 5.41) is 10.7. The maximum absolute atomic E-state index is 10.7. The number of likely N-dealkylation sites (N-methyl/N-ethyl adjacent to an activating group) is 2. The van der Waals surface area contributed by atoms with Crippen LogP contribution in [0.3, 0.4) is 0 Å². The smallest absolute Gasteiger partial charge is 0.174 e. The molecular formula is C36H38N2O4. The Balaban J connectivity index is 1.43. The molecule has 4 aliphatic heterocycles.